The van der Waals surface area contributed by atoms with Crippen LogP contribution in [0.4, 0.5) is 0 Å². The molecular formula is C15H28O3. The third-order valence-corrected chi connectivity index (χ3v) is 4.58. The van der Waals surface area contributed by atoms with E-state index in [0.29, 0.717) is 17.8 Å². The Hall–Kier alpha value is -0.120. The first-order valence-electron chi connectivity index (χ1n) is 7.50. The second-order valence-corrected chi connectivity index (χ2v) is 6.44. The van der Waals surface area contributed by atoms with Crippen LogP contribution >= 0.6 is 0 Å². The zero-order valence-corrected chi connectivity index (χ0v) is 12.0. The number of hydrogen-bond acceptors (Lipinski definition) is 3. The minimum absolute atomic E-state index is 0.176. The minimum atomic E-state index is -0.371. The standard InChI is InChI=1S/C15H28O3/c1-11(2)14-5-4-12(3)10-15(14)17-9-7-13(18-15)6-8-16/h11-14,16H,4-10H2,1-3H3/t12-,13+,14+,15-/m1/s1. The lowest BCUT2D eigenvalue weighted by atomic mass is 9.72. The highest BCUT2D eigenvalue weighted by molar-refractivity contribution is 4.91. The molecule has 18 heavy (non-hydrogen) atoms. The number of rotatable bonds is 3. The van der Waals surface area contributed by atoms with Crippen molar-refractivity contribution in [3.8, 4) is 0 Å². The number of ether oxygens (including phenoxy) is 2. The first kappa shape index (κ1) is 14.3. The van der Waals surface area contributed by atoms with Crippen molar-refractivity contribution < 1.29 is 14.6 Å². The van der Waals surface area contributed by atoms with E-state index in [4.69, 9.17) is 14.6 Å². The second-order valence-electron chi connectivity index (χ2n) is 6.44. The van der Waals surface area contributed by atoms with Crippen LogP contribution in [0.15, 0.2) is 0 Å². The van der Waals surface area contributed by atoms with E-state index in [1.54, 1.807) is 0 Å². The normalized spacial score (nSPS) is 41.5. The SMILES string of the molecule is CC(C)[C@@H]1CC[C@@H](C)C[C@]12OCC[C@H](CCO)O2. The summed E-state index contributed by atoms with van der Waals surface area (Å²) in [5.41, 5.74) is 0. The van der Waals surface area contributed by atoms with E-state index in [2.05, 4.69) is 20.8 Å². The summed E-state index contributed by atoms with van der Waals surface area (Å²) in [4.78, 5) is 0. The fraction of sp³-hybridized carbons (Fsp3) is 1.00. The second kappa shape index (κ2) is 5.89. The molecule has 1 aliphatic carbocycles. The van der Waals surface area contributed by atoms with Crippen LogP contribution in [-0.2, 0) is 9.47 Å². The van der Waals surface area contributed by atoms with Gasteiger partial charge in [0.2, 0.25) is 0 Å². The number of aliphatic hydroxyl groups is 1. The Morgan fingerprint density at radius 1 is 1.28 bits per heavy atom. The maximum Gasteiger partial charge on any atom is 0.171 e. The predicted octanol–water partition coefficient (Wildman–Crippen LogP) is 2.96. The predicted molar refractivity (Wildman–Crippen MR) is 71.2 cm³/mol. The first-order valence-corrected chi connectivity index (χ1v) is 7.50. The Morgan fingerprint density at radius 2 is 2.06 bits per heavy atom. The molecule has 1 aliphatic heterocycles. The number of hydrogen-bond donors (Lipinski definition) is 1. The van der Waals surface area contributed by atoms with Gasteiger partial charge in [-0.25, -0.2) is 0 Å². The molecule has 0 aromatic rings. The van der Waals surface area contributed by atoms with Crippen LogP contribution in [0.3, 0.4) is 0 Å². The summed E-state index contributed by atoms with van der Waals surface area (Å²) in [5, 5.41) is 9.11. The molecule has 4 atom stereocenters. The van der Waals surface area contributed by atoms with Gasteiger partial charge < -0.3 is 14.6 Å². The molecule has 0 unspecified atom stereocenters. The van der Waals surface area contributed by atoms with Crippen LogP contribution < -0.4 is 0 Å². The van der Waals surface area contributed by atoms with Gasteiger partial charge in [0.15, 0.2) is 5.79 Å². The lowest BCUT2D eigenvalue weighted by molar-refractivity contribution is -0.339. The van der Waals surface area contributed by atoms with Gasteiger partial charge in [-0.2, -0.15) is 0 Å². The molecule has 1 saturated heterocycles. The average molecular weight is 256 g/mol. The van der Waals surface area contributed by atoms with Crippen LogP contribution in [0.25, 0.3) is 0 Å². The van der Waals surface area contributed by atoms with E-state index in [-0.39, 0.29) is 18.5 Å². The molecule has 2 aliphatic rings. The quantitative estimate of drug-likeness (QED) is 0.843. The van der Waals surface area contributed by atoms with Crippen LogP contribution in [0, 0.1) is 17.8 Å². The molecule has 2 fully saturated rings. The lowest BCUT2D eigenvalue weighted by Crippen LogP contribution is -2.54. The summed E-state index contributed by atoms with van der Waals surface area (Å²) in [7, 11) is 0. The van der Waals surface area contributed by atoms with E-state index in [1.165, 1.54) is 12.8 Å². The number of aliphatic hydroxyl groups excluding tert-OH is 1. The first-order chi connectivity index (χ1) is 8.57. The maximum atomic E-state index is 9.11. The summed E-state index contributed by atoms with van der Waals surface area (Å²) in [6.45, 7) is 7.82. The summed E-state index contributed by atoms with van der Waals surface area (Å²) in [6.07, 6.45) is 5.33. The van der Waals surface area contributed by atoms with Crippen molar-refractivity contribution in [2.24, 2.45) is 17.8 Å². The topological polar surface area (TPSA) is 38.7 Å². The van der Waals surface area contributed by atoms with Gasteiger partial charge >= 0.3 is 0 Å². The maximum absolute atomic E-state index is 9.11. The van der Waals surface area contributed by atoms with Gasteiger partial charge in [-0.1, -0.05) is 27.2 Å². The van der Waals surface area contributed by atoms with Crippen molar-refractivity contribution in [2.45, 2.75) is 64.8 Å². The summed E-state index contributed by atoms with van der Waals surface area (Å²) >= 11 is 0. The van der Waals surface area contributed by atoms with Gasteiger partial charge in [0, 0.05) is 18.9 Å². The van der Waals surface area contributed by atoms with Gasteiger partial charge in [0.1, 0.15) is 0 Å². The molecule has 0 aromatic heterocycles. The highest BCUT2D eigenvalue weighted by Gasteiger charge is 2.49. The van der Waals surface area contributed by atoms with Crippen molar-refractivity contribution in [1.29, 1.82) is 0 Å². The van der Waals surface area contributed by atoms with Crippen molar-refractivity contribution >= 4 is 0 Å². The Labute approximate surface area is 111 Å². The molecule has 1 spiro atoms. The monoisotopic (exact) mass is 256 g/mol. The molecular weight excluding hydrogens is 228 g/mol. The van der Waals surface area contributed by atoms with Gasteiger partial charge in [0.05, 0.1) is 12.7 Å². The third kappa shape index (κ3) is 2.89. The molecule has 1 heterocycles. The van der Waals surface area contributed by atoms with E-state index >= 15 is 0 Å². The zero-order chi connectivity index (χ0) is 13.2. The third-order valence-electron chi connectivity index (χ3n) is 4.58. The fourth-order valence-corrected chi connectivity index (χ4v) is 3.65. The van der Waals surface area contributed by atoms with Crippen LogP contribution in [0.1, 0.15) is 52.9 Å². The van der Waals surface area contributed by atoms with Gasteiger partial charge in [-0.05, 0) is 31.1 Å². The summed E-state index contributed by atoms with van der Waals surface area (Å²) in [6, 6.07) is 0. The Balaban J connectivity index is 2.12. The van der Waals surface area contributed by atoms with E-state index in [9.17, 15) is 0 Å². The largest absolute Gasteiger partial charge is 0.396 e. The smallest absolute Gasteiger partial charge is 0.171 e. The van der Waals surface area contributed by atoms with Crippen molar-refractivity contribution in [3.05, 3.63) is 0 Å². The van der Waals surface area contributed by atoms with E-state index < -0.39 is 0 Å². The molecule has 106 valence electrons. The molecule has 1 N–H and O–H groups in total. The summed E-state index contributed by atoms with van der Waals surface area (Å²) in [5.74, 6) is 1.39. The zero-order valence-electron chi connectivity index (χ0n) is 12.0. The van der Waals surface area contributed by atoms with Crippen LogP contribution in [0.5, 0.6) is 0 Å². The molecule has 0 aromatic carbocycles. The molecule has 0 radical (unpaired) electrons. The fourth-order valence-electron chi connectivity index (χ4n) is 3.65. The van der Waals surface area contributed by atoms with E-state index in [0.717, 1.165) is 25.9 Å². The van der Waals surface area contributed by atoms with Crippen LogP contribution in [0.2, 0.25) is 0 Å². The highest BCUT2D eigenvalue weighted by Crippen LogP contribution is 2.46. The Morgan fingerprint density at radius 3 is 2.72 bits per heavy atom. The Bertz CT molecular complexity index is 264. The van der Waals surface area contributed by atoms with Crippen LogP contribution in [-0.4, -0.2) is 30.2 Å². The van der Waals surface area contributed by atoms with Crippen molar-refractivity contribution in [3.63, 3.8) is 0 Å². The van der Waals surface area contributed by atoms with Gasteiger partial charge in [-0.15, -0.1) is 0 Å². The molecule has 1 saturated carbocycles. The molecule has 2 rings (SSSR count). The lowest BCUT2D eigenvalue weighted by Gasteiger charge is -2.51. The average Bonchev–Trinajstić information content (AvgIpc) is 2.28. The molecule has 0 bridgehead atoms. The molecule has 0 amide bonds. The highest BCUT2D eigenvalue weighted by atomic mass is 16.7. The minimum Gasteiger partial charge on any atom is -0.396 e. The van der Waals surface area contributed by atoms with Crippen molar-refractivity contribution in [1.82, 2.24) is 0 Å². The van der Waals surface area contributed by atoms with Gasteiger partial charge in [-0.3, -0.25) is 0 Å². The van der Waals surface area contributed by atoms with Gasteiger partial charge in [0.25, 0.3) is 0 Å². The molecule has 3 heteroatoms. The molecule has 3 nitrogen and oxygen atoms in total. The summed E-state index contributed by atoms with van der Waals surface area (Å²) < 4.78 is 12.4. The van der Waals surface area contributed by atoms with Crippen molar-refractivity contribution in [2.75, 3.05) is 13.2 Å². The Kier molecular flexibility index (Phi) is 4.68. The van der Waals surface area contributed by atoms with E-state index in [1.807, 2.05) is 0 Å².